The molecule has 0 aliphatic carbocycles. The van der Waals surface area contributed by atoms with E-state index in [0.717, 1.165) is 18.9 Å². The minimum absolute atomic E-state index is 0.301. The average Bonchev–Trinajstić information content (AvgIpc) is 2.86. The number of hydrogen-bond donors (Lipinski definition) is 0. The quantitative estimate of drug-likeness (QED) is 0.815. The summed E-state index contributed by atoms with van der Waals surface area (Å²) >= 11 is 0. The van der Waals surface area contributed by atoms with Gasteiger partial charge in [0, 0.05) is 39.6 Å². The third kappa shape index (κ3) is 2.16. The summed E-state index contributed by atoms with van der Waals surface area (Å²) in [6, 6.07) is 4.30. The van der Waals surface area contributed by atoms with Crippen molar-refractivity contribution in [2.24, 2.45) is 0 Å². The Balaban J connectivity index is 1.68. The molecule has 1 aliphatic heterocycles. The van der Waals surface area contributed by atoms with Crippen LogP contribution in [0, 0.1) is 11.3 Å². The van der Waals surface area contributed by atoms with Crippen LogP contribution in [-0.4, -0.2) is 46.9 Å². The summed E-state index contributed by atoms with van der Waals surface area (Å²) in [6.07, 6.45) is 5.15. The van der Waals surface area contributed by atoms with Gasteiger partial charge < -0.3 is 9.80 Å². The zero-order chi connectivity index (χ0) is 14.1. The van der Waals surface area contributed by atoms with Crippen LogP contribution in [0.1, 0.15) is 11.6 Å². The summed E-state index contributed by atoms with van der Waals surface area (Å²) in [5, 5.41) is 13.0. The summed E-state index contributed by atoms with van der Waals surface area (Å²) in [7, 11) is 3.84. The Kier molecular flexibility index (Phi) is 2.99. The molecule has 2 aromatic heterocycles. The molecule has 2 aromatic rings. The van der Waals surface area contributed by atoms with Crippen LogP contribution in [0.3, 0.4) is 0 Å². The number of rotatable bonds is 3. The van der Waals surface area contributed by atoms with Gasteiger partial charge in [-0.1, -0.05) is 0 Å². The fourth-order valence-corrected chi connectivity index (χ4v) is 2.14. The Hall–Kier alpha value is -2.62. The van der Waals surface area contributed by atoms with Gasteiger partial charge in [-0.2, -0.15) is 15.3 Å². The topological polar surface area (TPSA) is 73.9 Å². The van der Waals surface area contributed by atoms with Crippen LogP contribution in [0.2, 0.25) is 0 Å². The second kappa shape index (κ2) is 4.81. The van der Waals surface area contributed by atoms with Crippen LogP contribution in [0.15, 0.2) is 24.7 Å². The Morgan fingerprint density at radius 3 is 2.85 bits per heavy atom. The number of nitriles is 1. The SMILES string of the molecule is CN(C)c1nccc(N2CC(n3cc(C#N)cn3)C2)n1. The van der Waals surface area contributed by atoms with Crippen molar-refractivity contribution in [2.75, 3.05) is 37.0 Å². The Morgan fingerprint density at radius 1 is 1.40 bits per heavy atom. The van der Waals surface area contributed by atoms with Crippen molar-refractivity contribution >= 4 is 11.8 Å². The summed E-state index contributed by atoms with van der Waals surface area (Å²) < 4.78 is 1.85. The predicted molar refractivity (Wildman–Crippen MR) is 74.6 cm³/mol. The maximum atomic E-state index is 8.80. The lowest BCUT2D eigenvalue weighted by molar-refractivity contribution is 0.366. The molecule has 0 unspecified atom stereocenters. The number of nitrogens with zero attached hydrogens (tertiary/aromatic N) is 7. The molecule has 20 heavy (non-hydrogen) atoms. The van der Waals surface area contributed by atoms with Gasteiger partial charge in [0.2, 0.25) is 5.95 Å². The maximum Gasteiger partial charge on any atom is 0.226 e. The molecule has 0 aromatic carbocycles. The minimum Gasteiger partial charge on any atom is -0.352 e. The molecule has 102 valence electrons. The molecule has 0 spiro atoms. The molecule has 7 nitrogen and oxygen atoms in total. The van der Waals surface area contributed by atoms with Gasteiger partial charge in [-0.25, -0.2) is 4.98 Å². The molecule has 3 rings (SSSR count). The van der Waals surface area contributed by atoms with Crippen LogP contribution in [-0.2, 0) is 0 Å². The molecule has 1 fully saturated rings. The van der Waals surface area contributed by atoms with Gasteiger partial charge in [0.25, 0.3) is 0 Å². The largest absolute Gasteiger partial charge is 0.352 e. The van der Waals surface area contributed by atoms with Crippen molar-refractivity contribution in [2.45, 2.75) is 6.04 Å². The summed E-state index contributed by atoms with van der Waals surface area (Å²) in [5.41, 5.74) is 0.598. The first-order valence-corrected chi connectivity index (χ1v) is 6.37. The number of aromatic nitrogens is 4. The molecule has 0 atom stereocenters. The normalized spacial score (nSPS) is 14.8. The molecule has 3 heterocycles. The zero-order valence-electron chi connectivity index (χ0n) is 11.4. The lowest BCUT2D eigenvalue weighted by Gasteiger charge is -2.40. The van der Waals surface area contributed by atoms with E-state index in [9.17, 15) is 0 Å². The molecule has 0 radical (unpaired) electrons. The first kappa shape index (κ1) is 12.4. The third-order valence-corrected chi connectivity index (χ3v) is 3.32. The van der Waals surface area contributed by atoms with Gasteiger partial charge in [-0.15, -0.1) is 0 Å². The van der Waals surface area contributed by atoms with E-state index >= 15 is 0 Å². The highest BCUT2D eigenvalue weighted by molar-refractivity contribution is 5.45. The predicted octanol–water partition coefficient (Wildman–Crippen LogP) is 0.672. The fraction of sp³-hybridized carbons (Fsp3) is 0.385. The lowest BCUT2D eigenvalue weighted by atomic mass is 10.1. The molecule has 7 heteroatoms. The molecular weight excluding hydrogens is 254 g/mol. The highest BCUT2D eigenvalue weighted by Crippen LogP contribution is 2.26. The van der Waals surface area contributed by atoms with Gasteiger partial charge in [0.1, 0.15) is 11.9 Å². The van der Waals surface area contributed by atoms with Crippen molar-refractivity contribution < 1.29 is 0 Å². The van der Waals surface area contributed by atoms with Gasteiger partial charge in [0.05, 0.1) is 17.8 Å². The number of hydrogen-bond acceptors (Lipinski definition) is 6. The Morgan fingerprint density at radius 2 is 2.20 bits per heavy atom. The zero-order valence-corrected chi connectivity index (χ0v) is 11.4. The second-order valence-electron chi connectivity index (χ2n) is 4.99. The highest BCUT2D eigenvalue weighted by atomic mass is 15.4. The monoisotopic (exact) mass is 269 g/mol. The van der Waals surface area contributed by atoms with Gasteiger partial charge in [0.15, 0.2) is 0 Å². The third-order valence-electron chi connectivity index (χ3n) is 3.32. The molecule has 0 saturated carbocycles. The lowest BCUT2D eigenvalue weighted by Crippen LogP contribution is -2.48. The maximum absolute atomic E-state index is 8.80. The fourth-order valence-electron chi connectivity index (χ4n) is 2.14. The van der Waals surface area contributed by atoms with E-state index in [1.165, 1.54) is 0 Å². The van der Waals surface area contributed by atoms with Gasteiger partial charge >= 0.3 is 0 Å². The van der Waals surface area contributed by atoms with Crippen molar-refractivity contribution in [3.8, 4) is 6.07 Å². The van der Waals surface area contributed by atoms with Crippen LogP contribution in [0.5, 0.6) is 0 Å². The van der Waals surface area contributed by atoms with Crippen molar-refractivity contribution in [1.82, 2.24) is 19.7 Å². The minimum atomic E-state index is 0.301. The van der Waals surface area contributed by atoms with E-state index in [0.29, 0.717) is 17.6 Å². The first-order chi connectivity index (χ1) is 9.67. The molecule has 0 amide bonds. The van der Waals surface area contributed by atoms with Crippen LogP contribution >= 0.6 is 0 Å². The van der Waals surface area contributed by atoms with Crippen molar-refractivity contribution in [3.05, 3.63) is 30.2 Å². The van der Waals surface area contributed by atoms with Crippen LogP contribution in [0.4, 0.5) is 11.8 Å². The van der Waals surface area contributed by atoms with E-state index in [-0.39, 0.29) is 0 Å². The second-order valence-corrected chi connectivity index (χ2v) is 4.99. The van der Waals surface area contributed by atoms with Crippen LogP contribution < -0.4 is 9.80 Å². The van der Waals surface area contributed by atoms with E-state index in [2.05, 4.69) is 26.0 Å². The van der Waals surface area contributed by atoms with Crippen molar-refractivity contribution in [1.29, 1.82) is 5.26 Å². The summed E-state index contributed by atoms with van der Waals surface area (Å²) in [5.74, 6) is 1.63. The summed E-state index contributed by atoms with van der Waals surface area (Å²) in [6.45, 7) is 1.69. The van der Waals surface area contributed by atoms with E-state index in [1.54, 1.807) is 18.6 Å². The molecule has 1 saturated heterocycles. The molecule has 0 bridgehead atoms. The average molecular weight is 269 g/mol. The summed E-state index contributed by atoms with van der Waals surface area (Å²) in [4.78, 5) is 12.8. The van der Waals surface area contributed by atoms with Crippen molar-refractivity contribution in [3.63, 3.8) is 0 Å². The number of anilines is 2. The van der Waals surface area contributed by atoms with E-state index in [1.807, 2.05) is 29.7 Å². The molecule has 0 N–H and O–H groups in total. The van der Waals surface area contributed by atoms with Gasteiger partial charge in [-0.3, -0.25) is 4.68 Å². The molecule has 1 aliphatic rings. The van der Waals surface area contributed by atoms with E-state index < -0.39 is 0 Å². The molecular formula is C13H15N7. The van der Waals surface area contributed by atoms with E-state index in [4.69, 9.17) is 5.26 Å². The standard InChI is InChI=1S/C13H15N7/c1-18(2)13-15-4-3-12(17-13)19-8-11(9-19)20-7-10(5-14)6-16-20/h3-4,6-7,11H,8-9H2,1-2H3. The Labute approximate surface area is 117 Å². The van der Waals surface area contributed by atoms with Gasteiger partial charge in [-0.05, 0) is 6.07 Å². The Bertz CT molecular complexity index is 649. The smallest absolute Gasteiger partial charge is 0.226 e. The first-order valence-electron chi connectivity index (χ1n) is 6.37. The highest BCUT2D eigenvalue weighted by Gasteiger charge is 2.30. The van der Waals surface area contributed by atoms with Crippen LogP contribution in [0.25, 0.3) is 0 Å².